The maximum atomic E-state index is 13.3. The SMILES string of the molecule is C=CCOc1ccc(C(=O)NN2C(=O)c3ccccc3NC2c2ccc(OC)cc2)cc1. The van der Waals surface area contributed by atoms with Crippen LogP contribution in [0.2, 0.25) is 0 Å². The van der Waals surface area contributed by atoms with Gasteiger partial charge in [0.2, 0.25) is 0 Å². The summed E-state index contributed by atoms with van der Waals surface area (Å²) in [6.07, 6.45) is 1.05. The van der Waals surface area contributed by atoms with E-state index in [1.807, 2.05) is 36.4 Å². The molecule has 32 heavy (non-hydrogen) atoms. The summed E-state index contributed by atoms with van der Waals surface area (Å²) in [4.78, 5) is 26.2. The number of fused-ring (bicyclic) bond motifs is 1. The van der Waals surface area contributed by atoms with Crippen LogP contribution in [0, 0.1) is 0 Å². The number of carbonyl (C=O) groups excluding carboxylic acids is 2. The van der Waals surface area contributed by atoms with Gasteiger partial charge in [0.05, 0.1) is 12.7 Å². The van der Waals surface area contributed by atoms with Gasteiger partial charge in [0, 0.05) is 11.3 Å². The van der Waals surface area contributed by atoms with E-state index in [0.717, 1.165) is 5.56 Å². The number of hydrogen-bond donors (Lipinski definition) is 2. The Morgan fingerprint density at radius 3 is 2.44 bits per heavy atom. The van der Waals surface area contributed by atoms with E-state index < -0.39 is 12.1 Å². The standard InChI is InChI=1S/C25H23N3O4/c1-3-16-32-20-14-10-18(11-15-20)24(29)27-28-23(17-8-12-19(31-2)13-9-17)26-22-7-5-4-6-21(22)25(28)30/h3-15,23,26H,1,16H2,2H3,(H,27,29). The fourth-order valence-corrected chi connectivity index (χ4v) is 3.42. The lowest BCUT2D eigenvalue weighted by atomic mass is 10.0. The quantitative estimate of drug-likeness (QED) is 0.551. The molecule has 3 aromatic rings. The third-order valence-electron chi connectivity index (χ3n) is 5.06. The van der Waals surface area contributed by atoms with Crippen molar-refractivity contribution >= 4 is 17.5 Å². The largest absolute Gasteiger partial charge is 0.497 e. The first-order chi connectivity index (χ1) is 15.6. The Morgan fingerprint density at radius 1 is 1.06 bits per heavy atom. The number of rotatable bonds is 7. The van der Waals surface area contributed by atoms with E-state index in [-0.39, 0.29) is 5.91 Å². The summed E-state index contributed by atoms with van der Waals surface area (Å²) in [5, 5.41) is 4.65. The van der Waals surface area contributed by atoms with E-state index in [9.17, 15) is 9.59 Å². The summed E-state index contributed by atoms with van der Waals surface area (Å²) in [6, 6.07) is 21.2. The van der Waals surface area contributed by atoms with Gasteiger partial charge in [0.1, 0.15) is 24.3 Å². The average Bonchev–Trinajstić information content (AvgIpc) is 2.84. The van der Waals surface area contributed by atoms with Crippen molar-refractivity contribution in [2.75, 3.05) is 19.0 Å². The first-order valence-electron chi connectivity index (χ1n) is 10.1. The van der Waals surface area contributed by atoms with Crippen LogP contribution in [0.15, 0.2) is 85.5 Å². The zero-order chi connectivity index (χ0) is 22.5. The molecule has 2 N–H and O–H groups in total. The molecule has 7 nitrogen and oxygen atoms in total. The van der Waals surface area contributed by atoms with Gasteiger partial charge in [-0.15, -0.1) is 0 Å². The number of methoxy groups -OCH3 is 1. The number of hydrazine groups is 1. The lowest BCUT2D eigenvalue weighted by molar-refractivity contribution is 0.0491. The smallest absolute Gasteiger partial charge is 0.276 e. The van der Waals surface area contributed by atoms with Crippen molar-refractivity contribution < 1.29 is 19.1 Å². The molecule has 0 fully saturated rings. The first-order valence-corrected chi connectivity index (χ1v) is 10.1. The third kappa shape index (κ3) is 4.27. The molecule has 0 aliphatic carbocycles. The van der Waals surface area contributed by atoms with Crippen molar-refractivity contribution in [2.45, 2.75) is 6.17 Å². The van der Waals surface area contributed by atoms with Gasteiger partial charge in [-0.25, -0.2) is 5.01 Å². The Hall–Kier alpha value is -4.26. The van der Waals surface area contributed by atoms with Crippen molar-refractivity contribution in [3.63, 3.8) is 0 Å². The highest BCUT2D eigenvalue weighted by Crippen LogP contribution is 2.32. The third-order valence-corrected chi connectivity index (χ3v) is 5.06. The van der Waals surface area contributed by atoms with Gasteiger partial charge in [0.15, 0.2) is 0 Å². The molecule has 0 saturated heterocycles. The fraction of sp³-hybridized carbons (Fsp3) is 0.120. The van der Waals surface area contributed by atoms with Crippen molar-refractivity contribution in [2.24, 2.45) is 0 Å². The molecule has 0 aromatic heterocycles. The van der Waals surface area contributed by atoms with Crippen molar-refractivity contribution in [3.05, 3.63) is 102 Å². The Bertz CT molecular complexity index is 1130. The van der Waals surface area contributed by atoms with Gasteiger partial charge in [-0.05, 0) is 54.1 Å². The molecular formula is C25H23N3O4. The second kappa shape index (κ2) is 9.26. The van der Waals surface area contributed by atoms with Crippen LogP contribution in [-0.2, 0) is 0 Å². The number of benzene rings is 3. The summed E-state index contributed by atoms with van der Waals surface area (Å²) in [6.45, 7) is 3.99. The number of amides is 2. The van der Waals surface area contributed by atoms with Crippen molar-refractivity contribution in [1.82, 2.24) is 10.4 Å². The molecule has 0 radical (unpaired) electrons. The van der Waals surface area contributed by atoms with Gasteiger partial charge in [0.25, 0.3) is 11.8 Å². The predicted octanol–water partition coefficient (Wildman–Crippen LogP) is 4.17. The van der Waals surface area contributed by atoms with Crippen molar-refractivity contribution in [3.8, 4) is 11.5 Å². The number of nitrogens with one attached hydrogen (secondary N) is 2. The van der Waals surface area contributed by atoms with E-state index in [1.165, 1.54) is 5.01 Å². The maximum absolute atomic E-state index is 13.3. The lowest BCUT2D eigenvalue weighted by Gasteiger charge is -2.37. The second-order valence-electron chi connectivity index (χ2n) is 7.11. The number of anilines is 1. The number of ether oxygens (including phenoxy) is 2. The molecule has 1 atom stereocenters. The van der Waals surface area contributed by atoms with Gasteiger partial charge in [-0.1, -0.05) is 36.9 Å². The monoisotopic (exact) mass is 429 g/mol. The molecule has 1 heterocycles. The molecule has 0 bridgehead atoms. The van der Waals surface area contributed by atoms with Crippen LogP contribution in [0.25, 0.3) is 0 Å². The summed E-state index contributed by atoms with van der Waals surface area (Å²) >= 11 is 0. The minimum atomic E-state index is -0.595. The van der Waals surface area contributed by atoms with Gasteiger partial charge >= 0.3 is 0 Å². The Balaban J connectivity index is 1.61. The number of hydrogen-bond acceptors (Lipinski definition) is 5. The zero-order valence-corrected chi connectivity index (χ0v) is 17.6. The van der Waals surface area contributed by atoms with Crippen LogP contribution in [0.3, 0.4) is 0 Å². The summed E-state index contributed by atoms with van der Waals surface area (Å²) in [5.41, 5.74) is 5.13. The lowest BCUT2D eigenvalue weighted by Crippen LogP contribution is -2.52. The first kappa shape index (κ1) is 21.0. The normalized spacial score (nSPS) is 14.7. The second-order valence-corrected chi connectivity index (χ2v) is 7.11. The summed E-state index contributed by atoms with van der Waals surface area (Å²) < 4.78 is 10.7. The molecule has 7 heteroatoms. The molecule has 4 rings (SSSR count). The Kier molecular flexibility index (Phi) is 6.07. The highest BCUT2D eigenvalue weighted by atomic mass is 16.5. The minimum absolute atomic E-state index is 0.306. The zero-order valence-electron chi connectivity index (χ0n) is 17.6. The van der Waals surface area contributed by atoms with Crippen LogP contribution < -0.4 is 20.2 Å². The van der Waals surface area contributed by atoms with E-state index in [0.29, 0.717) is 34.9 Å². The summed E-state index contributed by atoms with van der Waals surface area (Å²) in [5.74, 6) is 0.612. The van der Waals surface area contributed by atoms with Crippen LogP contribution in [0.1, 0.15) is 32.4 Å². The number of carbonyl (C=O) groups is 2. The maximum Gasteiger partial charge on any atom is 0.276 e. The molecule has 2 amide bonds. The highest BCUT2D eigenvalue weighted by Gasteiger charge is 2.34. The number of para-hydroxylation sites is 1. The molecule has 3 aromatic carbocycles. The highest BCUT2D eigenvalue weighted by molar-refractivity contribution is 6.04. The van der Waals surface area contributed by atoms with E-state index >= 15 is 0 Å². The molecule has 1 unspecified atom stereocenters. The molecule has 1 aliphatic heterocycles. The van der Waals surface area contributed by atoms with E-state index in [1.54, 1.807) is 49.6 Å². The molecule has 0 spiro atoms. The average molecular weight is 429 g/mol. The van der Waals surface area contributed by atoms with Crippen molar-refractivity contribution in [1.29, 1.82) is 0 Å². The molecule has 1 aliphatic rings. The van der Waals surface area contributed by atoms with E-state index in [2.05, 4.69) is 17.3 Å². The molecular weight excluding hydrogens is 406 g/mol. The van der Waals surface area contributed by atoms with Crippen LogP contribution in [0.5, 0.6) is 11.5 Å². The fourth-order valence-electron chi connectivity index (χ4n) is 3.42. The van der Waals surface area contributed by atoms with Gasteiger partial charge in [-0.2, -0.15) is 0 Å². The summed E-state index contributed by atoms with van der Waals surface area (Å²) in [7, 11) is 1.59. The minimum Gasteiger partial charge on any atom is -0.497 e. The van der Waals surface area contributed by atoms with Crippen LogP contribution >= 0.6 is 0 Å². The predicted molar refractivity (Wildman–Crippen MR) is 122 cm³/mol. The van der Waals surface area contributed by atoms with Gasteiger partial charge in [-0.3, -0.25) is 15.0 Å². The van der Waals surface area contributed by atoms with Gasteiger partial charge < -0.3 is 14.8 Å². The van der Waals surface area contributed by atoms with E-state index in [4.69, 9.17) is 9.47 Å². The van der Waals surface area contributed by atoms with Crippen LogP contribution in [0.4, 0.5) is 5.69 Å². The van der Waals surface area contributed by atoms with Crippen LogP contribution in [-0.4, -0.2) is 30.5 Å². The topological polar surface area (TPSA) is 79.9 Å². The number of nitrogens with zero attached hydrogens (tertiary/aromatic N) is 1. The Morgan fingerprint density at radius 2 is 1.75 bits per heavy atom. The molecule has 162 valence electrons. The molecule has 0 saturated carbocycles. The Labute approximate surface area is 186 Å².